The molecule has 0 aromatic heterocycles. The van der Waals surface area contributed by atoms with Gasteiger partial charge in [0.05, 0.1) is 5.56 Å². The molecule has 0 aliphatic carbocycles. The molecule has 0 amide bonds. The maximum absolute atomic E-state index is 13.0. The van der Waals surface area contributed by atoms with Gasteiger partial charge >= 0.3 is 6.18 Å². The predicted molar refractivity (Wildman–Crippen MR) is 69.0 cm³/mol. The summed E-state index contributed by atoms with van der Waals surface area (Å²) in [5.41, 5.74) is -1.61. The van der Waals surface area contributed by atoms with Crippen LogP contribution in [0, 0.1) is 11.7 Å². The number of rotatable bonds is 6. The van der Waals surface area contributed by atoms with E-state index in [9.17, 15) is 22.4 Å². The quantitative estimate of drug-likeness (QED) is 0.517. The molecule has 0 radical (unpaired) electrons. The summed E-state index contributed by atoms with van der Waals surface area (Å²) in [6, 6.07) is 2.23. The van der Waals surface area contributed by atoms with Gasteiger partial charge in [0.25, 0.3) is 0 Å². The fraction of sp³-hybridized carbons (Fsp3) is 0.533. The lowest BCUT2D eigenvalue weighted by Crippen LogP contribution is -2.20. The Kier molecular flexibility index (Phi) is 5.72. The summed E-state index contributed by atoms with van der Waals surface area (Å²) in [5.74, 6) is -1.96. The molecule has 1 rings (SSSR count). The molecule has 0 aliphatic heterocycles. The smallest absolute Gasteiger partial charge is 0.294 e. The van der Waals surface area contributed by atoms with Crippen LogP contribution in [0.25, 0.3) is 0 Å². The van der Waals surface area contributed by atoms with Crippen LogP contribution >= 0.6 is 0 Å². The van der Waals surface area contributed by atoms with Gasteiger partial charge in [-0.1, -0.05) is 26.7 Å². The van der Waals surface area contributed by atoms with Gasteiger partial charge in [0.2, 0.25) is 0 Å². The molecule has 0 saturated carbocycles. The Morgan fingerprint density at radius 3 is 2.15 bits per heavy atom. The van der Waals surface area contributed by atoms with Crippen LogP contribution in [0.2, 0.25) is 0 Å². The number of carbonyl (C=O) groups excluding carboxylic acids is 1. The Morgan fingerprint density at radius 2 is 1.70 bits per heavy atom. The summed E-state index contributed by atoms with van der Waals surface area (Å²) in [4.78, 5) is 12.3. The molecule has 0 aliphatic rings. The zero-order valence-electron chi connectivity index (χ0n) is 11.6. The number of hydrogen-bond donors (Lipinski definition) is 0. The van der Waals surface area contributed by atoms with Gasteiger partial charge in [-0.25, -0.2) is 4.39 Å². The fourth-order valence-corrected chi connectivity index (χ4v) is 2.29. The van der Waals surface area contributed by atoms with Crippen LogP contribution in [0.4, 0.5) is 17.6 Å². The monoisotopic (exact) mass is 290 g/mol. The molecule has 20 heavy (non-hydrogen) atoms. The number of alkyl halides is 3. The molecule has 0 heterocycles. The fourth-order valence-electron chi connectivity index (χ4n) is 2.29. The number of Topliss-reactive ketones (excluding diaryl/α,β-unsaturated/α-hetero) is 1. The lowest BCUT2D eigenvalue weighted by atomic mass is 9.87. The van der Waals surface area contributed by atoms with E-state index in [0.717, 1.165) is 25.0 Å². The second kappa shape index (κ2) is 6.86. The van der Waals surface area contributed by atoms with Crippen LogP contribution in [0.5, 0.6) is 0 Å². The highest BCUT2D eigenvalue weighted by molar-refractivity contribution is 5.99. The minimum Gasteiger partial charge on any atom is -0.294 e. The van der Waals surface area contributed by atoms with E-state index in [-0.39, 0.29) is 0 Å². The van der Waals surface area contributed by atoms with E-state index in [1.807, 2.05) is 13.8 Å². The Labute approximate surface area is 116 Å². The van der Waals surface area contributed by atoms with Crippen LogP contribution in [0.1, 0.15) is 55.5 Å². The third kappa shape index (κ3) is 4.05. The van der Waals surface area contributed by atoms with Crippen LogP contribution < -0.4 is 0 Å². The maximum Gasteiger partial charge on any atom is 0.417 e. The molecule has 112 valence electrons. The largest absolute Gasteiger partial charge is 0.417 e. The molecule has 0 bridgehead atoms. The van der Waals surface area contributed by atoms with Crippen LogP contribution in [0.15, 0.2) is 18.2 Å². The molecule has 0 N–H and O–H groups in total. The van der Waals surface area contributed by atoms with Gasteiger partial charge in [-0.2, -0.15) is 13.2 Å². The molecule has 0 unspecified atom stereocenters. The van der Waals surface area contributed by atoms with Gasteiger partial charge in [0.1, 0.15) is 5.82 Å². The second-order valence-corrected chi connectivity index (χ2v) is 4.83. The molecular formula is C15H18F4O. The van der Waals surface area contributed by atoms with Crippen molar-refractivity contribution >= 4 is 5.78 Å². The summed E-state index contributed by atoms with van der Waals surface area (Å²) in [6.45, 7) is 3.76. The standard InChI is InChI=1S/C15H18F4O/c1-3-5-10(6-4-2)14(20)12-8-7-11(16)9-13(12)15(17,18)19/h7-10H,3-6H2,1-2H3. The first-order chi connectivity index (χ1) is 9.31. The summed E-state index contributed by atoms with van der Waals surface area (Å²) in [7, 11) is 0. The molecule has 0 spiro atoms. The third-order valence-corrected chi connectivity index (χ3v) is 3.20. The normalized spacial score (nSPS) is 11.9. The van der Waals surface area contributed by atoms with Crippen LogP contribution in [-0.2, 0) is 6.18 Å². The second-order valence-electron chi connectivity index (χ2n) is 4.83. The maximum atomic E-state index is 13.0. The molecule has 5 heteroatoms. The van der Waals surface area contributed by atoms with E-state index in [1.165, 1.54) is 0 Å². The number of carbonyl (C=O) groups is 1. The average Bonchev–Trinajstić information content (AvgIpc) is 2.36. The van der Waals surface area contributed by atoms with E-state index in [4.69, 9.17) is 0 Å². The van der Waals surface area contributed by atoms with Crippen molar-refractivity contribution in [1.29, 1.82) is 0 Å². The minimum atomic E-state index is -4.73. The first-order valence-electron chi connectivity index (χ1n) is 6.72. The van der Waals surface area contributed by atoms with Crippen molar-refractivity contribution in [3.63, 3.8) is 0 Å². The van der Waals surface area contributed by atoms with Crippen molar-refractivity contribution in [2.45, 2.75) is 45.7 Å². The Balaban J connectivity index is 3.20. The number of hydrogen-bond acceptors (Lipinski definition) is 1. The molecule has 1 aromatic carbocycles. The number of halogens is 4. The zero-order chi connectivity index (χ0) is 15.3. The molecule has 0 atom stereocenters. The van der Waals surface area contributed by atoms with Crippen LogP contribution in [0.3, 0.4) is 0 Å². The first-order valence-corrected chi connectivity index (χ1v) is 6.72. The highest BCUT2D eigenvalue weighted by Gasteiger charge is 2.36. The van der Waals surface area contributed by atoms with E-state index in [2.05, 4.69) is 0 Å². The summed E-state index contributed by atoms with van der Waals surface area (Å²) >= 11 is 0. The third-order valence-electron chi connectivity index (χ3n) is 3.20. The van der Waals surface area contributed by atoms with E-state index in [0.29, 0.717) is 18.9 Å². The van der Waals surface area contributed by atoms with E-state index in [1.54, 1.807) is 0 Å². The van der Waals surface area contributed by atoms with Crippen molar-refractivity contribution in [2.24, 2.45) is 5.92 Å². The molecule has 1 aromatic rings. The SMILES string of the molecule is CCCC(CCC)C(=O)c1ccc(F)cc1C(F)(F)F. The van der Waals surface area contributed by atoms with Gasteiger partial charge in [-0.15, -0.1) is 0 Å². The Hall–Kier alpha value is -1.39. The average molecular weight is 290 g/mol. The summed E-state index contributed by atoms with van der Waals surface area (Å²) < 4.78 is 51.7. The predicted octanol–water partition coefficient (Wildman–Crippen LogP) is 5.24. The number of ketones is 1. The van der Waals surface area contributed by atoms with Gasteiger partial charge in [0, 0.05) is 11.5 Å². The van der Waals surface area contributed by atoms with Crippen LogP contribution in [-0.4, -0.2) is 5.78 Å². The van der Waals surface area contributed by atoms with Crippen molar-refractivity contribution in [3.8, 4) is 0 Å². The molecule has 1 nitrogen and oxygen atoms in total. The summed E-state index contributed by atoms with van der Waals surface area (Å²) in [6.07, 6.45) is -2.20. The van der Waals surface area contributed by atoms with E-state index >= 15 is 0 Å². The highest BCUT2D eigenvalue weighted by atomic mass is 19.4. The zero-order valence-corrected chi connectivity index (χ0v) is 11.6. The Bertz CT molecular complexity index is 459. The lowest BCUT2D eigenvalue weighted by molar-refractivity contribution is -0.138. The minimum absolute atomic E-state index is 0.391. The van der Waals surface area contributed by atoms with Crippen molar-refractivity contribution in [2.75, 3.05) is 0 Å². The van der Waals surface area contributed by atoms with Gasteiger partial charge in [0.15, 0.2) is 5.78 Å². The number of benzene rings is 1. The molecule has 0 saturated heterocycles. The van der Waals surface area contributed by atoms with Gasteiger partial charge < -0.3 is 0 Å². The topological polar surface area (TPSA) is 17.1 Å². The van der Waals surface area contributed by atoms with E-state index < -0.39 is 34.8 Å². The van der Waals surface area contributed by atoms with Gasteiger partial charge in [-0.3, -0.25) is 4.79 Å². The molecule has 0 fully saturated rings. The van der Waals surface area contributed by atoms with Crippen molar-refractivity contribution in [3.05, 3.63) is 35.1 Å². The lowest BCUT2D eigenvalue weighted by Gasteiger charge is -2.18. The Morgan fingerprint density at radius 1 is 1.15 bits per heavy atom. The van der Waals surface area contributed by atoms with Crippen molar-refractivity contribution in [1.82, 2.24) is 0 Å². The molecular weight excluding hydrogens is 272 g/mol. The van der Waals surface area contributed by atoms with Crippen molar-refractivity contribution < 1.29 is 22.4 Å². The summed E-state index contributed by atoms with van der Waals surface area (Å²) in [5, 5.41) is 0. The highest BCUT2D eigenvalue weighted by Crippen LogP contribution is 2.34. The first kappa shape index (κ1) is 16.7. The van der Waals surface area contributed by atoms with Gasteiger partial charge in [-0.05, 0) is 31.0 Å².